The Morgan fingerprint density at radius 1 is 1.30 bits per heavy atom. The van der Waals surface area contributed by atoms with Crippen LogP contribution in [0.1, 0.15) is 44.7 Å². The number of nitrogens with one attached hydrogen (secondary N) is 1. The maximum Gasteiger partial charge on any atom is 0.123 e. The normalized spacial score (nSPS) is 16.9. The molecule has 0 saturated heterocycles. The van der Waals surface area contributed by atoms with E-state index >= 15 is 0 Å². The molecular weight excluding hydrogens is 250 g/mol. The van der Waals surface area contributed by atoms with Crippen molar-refractivity contribution in [3.8, 4) is 11.5 Å². The van der Waals surface area contributed by atoms with Crippen LogP contribution in [0.15, 0.2) is 12.1 Å². The lowest BCUT2D eigenvalue weighted by atomic mass is 10.0. The minimum Gasteiger partial charge on any atom is -0.494 e. The van der Waals surface area contributed by atoms with Crippen molar-refractivity contribution in [2.24, 2.45) is 0 Å². The molecule has 1 aromatic carbocycles. The van der Waals surface area contributed by atoms with E-state index in [1.54, 1.807) is 0 Å². The summed E-state index contributed by atoms with van der Waals surface area (Å²) in [5.41, 5.74) is 2.58. The smallest absolute Gasteiger partial charge is 0.123 e. The highest BCUT2D eigenvalue weighted by atomic mass is 16.5. The lowest BCUT2D eigenvalue weighted by Gasteiger charge is -2.12. The lowest BCUT2D eigenvalue weighted by molar-refractivity contribution is 0.254. The molecule has 0 spiro atoms. The maximum atomic E-state index is 5.86. The van der Waals surface area contributed by atoms with Gasteiger partial charge in [-0.05, 0) is 63.9 Å². The van der Waals surface area contributed by atoms with E-state index in [2.05, 4.69) is 31.3 Å². The summed E-state index contributed by atoms with van der Waals surface area (Å²) in [5, 5.41) is 3.37. The van der Waals surface area contributed by atoms with E-state index in [1.807, 2.05) is 6.92 Å². The monoisotopic (exact) mass is 277 g/mol. The predicted molar refractivity (Wildman–Crippen MR) is 82.9 cm³/mol. The fourth-order valence-corrected chi connectivity index (χ4v) is 2.71. The molecule has 3 heteroatoms. The van der Waals surface area contributed by atoms with Gasteiger partial charge in [-0.15, -0.1) is 0 Å². The van der Waals surface area contributed by atoms with E-state index in [-0.39, 0.29) is 0 Å². The molecule has 0 saturated carbocycles. The molecule has 3 nitrogen and oxygen atoms in total. The van der Waals surface area contributed by atoms with Crippen LogP contribution in [0.25, 0.3) is 0 Å². The number of hydrogen-bond donors (Lipinski definition) is 1. The van der Waals surface area contributed by atoms with Gasteiger partial charge >= 0.3 is 0 Å². The highest BCUT2D eigenvalue weighted by Gasteiger charge is 2.21. The van der Waals surface area contributed by atoms with Crippen molar-refractivity contribution in [2.75, 3.05) is 19.7 Å². The molecule has 1 aliphatic rings. The number of aryl methyl sites for hydroxylation is 1. The summed E-state index contributed by atoms with van der Waals surface area (Å²) >= 11 is 0. The molecule has 20 heavy (non-hydrogen) atoms. The summed E-state index contributed by atoms with van der Waals surface area (Å²) in [6.45, 7) is 9.18. The Balaban J connectivity index is 2.00. The minimum absolute atomic E-state index is 0.295. The lowest BCUT2D eigenvalue weighted by Crippen LogP contribution is -2.14. The Morgan fingerprint density at radius 3 is 2.90 bits per heavy atom. The number of benzene rings is 1. The van der Waals surface area contributed by atoms with Crippen LogP contribution in [0.3, 0.4) is 0 Å². The molecule has 1 N–H and O–H groups in total. The zero-order valence-corrected chi connectivity index (χ0v) is 13.0. The van der Waals surface area contributed by atoms with E-state index in [9.17, 15) is 0 Å². The second kappa shape index (κ2) is 7.53. The average Bonchev–Trinajstić information content (AvgIpc) is 2.78. The summed E-state index contributed by atoms with van der Waals surface area (Å²) in [6, 6.07) is 4.37. The molecule has 0 radical (unpaired) electrons. The molecule has 2 rings (SSSR count). The third-order valence-corrected chi connectivity index (χ3v) is 3.68. The SMILES string of the molecule is CCNCCCCc1cc2c(cc1OCC)CC(C)O2. The van der Waals surface area contributed by atoms with Gasteiger partial charge in [0.05, 0.1) is 6.61 Å². The zero-order chi connectivity index (χ0) is 14.4. The standard InChI is InChI=1S/C17H27NO2/c1-4-18-9-7-6-8-14-11-17-15(10-13(3)20-17)12-16(14)19-5-2/h11-13,18H,4-10H2,1-3H3. The Morgan fingerprint density at radius 2 is 2.15 bits per heavy atom. The van der Waals surface area contributed by atoms with E-state index < -0.39 is 0 Å². The molecule has 1 heterocycles. The minimum atomic E-state index is 0.295. The first kappa shape index (κ1) is 15.2. The third-order valence-electron chi connectivity index (χ3n) is 3.68. The maximum absolute atomic E-state index is 5.86. The fraction of sp³-hybridized carbons (Fsp3) is 0.647. The summed E-state index contributed by atoms with van der Waals surface area (Å²) in [6.07, 6.45) is 4.74. The van der Waals surface area contributed by atoms with Gasteiger partial charge in [0.25, 0.3) is 0 Å². The molecular formula is C17H27NO2. The van der Waals surface area contributed by atoms with Crippen LogP contribution < -0.4 is 14.8 Å². The summed E-state index contributed by atoms with van der Waals surface area (Å²) in [7, 11) is 0. The number of rotatable bonds is 8. The Kier molecular flexibility index (Phi) is 5.72. The van der Waals surface area contributed by atoms with Gasteiger partial charge in [-0.25, -0.2) is 0 Å². The zero-order valence-electron chi connectivity index (χ0n) is 13.0. The van der Waals surface area contributed by atoms with Gasteiger partial charge in [-0.2, -0.15) is 0 Å². The third kappa shape index (κ3) is 3.89. The summed E-state index contributed by atoms with van der Waals surface area (Å²) < 4.78 is 11.7. The molecule has 1 aromatic rings. The topological polar surface area (TPSA) is 30.5 Å². The second-order valence-corrected chi connectivity index (χ2v) is 5.44. The number of unbranched alkanes of at least 4 members (excludes halogenated alkanes) is 1. The molecule has 112 valence electrons. The van der Waals surface area contributed by atoms with Crippen molar-refractivity contribution in [1.82, 2.24) is 5.32 Å². The summed E-state index contributed by atoms with van der Waals surface area (Å²) in [5.74, 6) is 2.11. The van der Waals surface area contributed by atoms with Crippen LogP contribution in [-0.2, 0) is 12.8 Å². The van der Waals surface area contributed by atoms with Gasteiger partial charge in [0.15, 0.2) is 0 Å². The van der Waals surface area contributed by atoms with Gasteiger partial charge in [-0.1, -0.05) is 6.92 Å². The van der Waals surface area contributed by atoms with Crippen LogP contribution in [0.2, 0.25) is 0 Å². The van der Waals surface area contributed by atoms with Crippen LogP contribution in [-0.4, -0.2) is 25.8 Å². The molecule has 1 atom stereocenters. The van der Waals surface area contributed by atoms with Crippen molar-refractivity contribution in [2.45, 2.75) is 52.6 Å². The van der Waals surface area contributed by atoms with Gasteiger partial charge in [0.2, 0.25) is 0 Å². The van der Waals surface area contributed by atoms with Crippen molar-refractivity contribution < 1.29 is 9.47 Å². The van der Waals surface area contributed by atoms with E-state index in [0.717, 1.165) is 44.0 Å². The van der Waals surface area contributed by atoms with Crippen molar-refractivity contribution in [1.29, 1.82) is 0 Å². The molecule has 0 aromatic heterocycles. The van der Waals surface area contributed by atoms with Crippen molar-refractivity contribution in [3.05, 3.63) is 23.3 Å². The van der Waals surface area contributed by atoms with Crippen LogP contribution in [0.5, 0.6) is 11.5 Å². The largest absolute Gasteiger partial charge is 0.494 e. The number of hydrogen-bond acceptors (Lipinski definition) is 3. The van der Waals surface area contributed by atoms with Gasteiger partial charge in [0, 0.05) is 12.0 Å². The highest BCUT2D eigenvalue weighted by molar-refractivity contribution is 5.48. The van der Waals surface area contributed by atoms with E-state index in [4.69, 9.17) is 9.47 Å². The summed E-state index contributed by atoms with van der Waals surface area (Å²) in [4.78, 5) is 0. The van der Waals surface area contributed by atoms with Crippen molar-refractivity contribution >= 4 is 0 Å². The molecule has 0 bridgehead atoms. The van der Waals surface area contributed by atoms with Crippen LogP contribution in [0.4, 0.5) is 0 Å². The average molecular weight is 277 g/mol. The first-order valence-corrected chi connectivity index (χ1v) is 7.90. The highest BCUT2D eigenvalue weighted by Crippen LogP contribution is 2.35. The molecule has 0 fully saturated rings. The molecule has 0 amide bonds. The van der Waals surface area contributed by atoms with Gasteiger partial charge in [-0.3, -0.25) is 0 Å². The number of ether oxygens (including phenoxy) is 2. The molecule has 0 aliphatic carbocycles. The predicted octanol–water partition coefficient (Wildman–Crippen LogP) is 3.34. The quantitative estimate of drug-likeness (QED) is 0.739. The molecule has 1 unspecified atom stereocenters. The Bertz CT molecular complexity index is 431. The molecule has 1 aliphatic heterocycles. The van der Waals surface area contributed by atoms with Crippen molar-refractivity contribution in [3.63, 3.8) is 0 Å². The van der Waals surface area contributed by atoms with E-state index in [0.29, 0.717) is 6.10 Å². The fourth-order valence-electron chi connectivity index (χ4n) is 2.71. The Labute approximate surface area is 122 Å². The number of fused-ring (bicyclic) bond motifs is 1. The second-order valence-electron chi connectivity index (χ2n) is 5.44. The van der Waals surface area contributed by atoms with Crippen LogP contribution in [0, 0.1) is 0 Å². The first-order chi connectivity index (χ1) is 9.74. The van der Waals surface area contributed by atoms with E-state index in [1.165, 1.54) is 24.0 Å². The van der Waals surface area contributed by atoms with Crippen LogP contribution >= 0.6 is 0 Å². The Hall–Kier alpha value is -1.22. The van der Waals surface area contributed by atoms with Gasteiger partial charge in [0.1, 0.15) is 17.6 Å². The first-order valence-electron chi connectivity index (χ1n) is 7.90. The van der Waals surface area contributed by atoms with Gasteiger partial charge < -0.3 is 14.8 Å².